The second-order valence-electron chi connectivity index (χ2n) is 2.81. The molecule has 1 aromatic rings. The number of aliphatic carboxylic acids is 1. The number of carbonyl (C=O) groups is 2. The zero-order valence-corrected chi connectivity index (χ0v) is 9.27. The molecule has 1 rings (SSSR count). The third-order valence-electron chi connectivity index (χ3n) is 1.68. The van der Waals surface area contributed by atoms with E-state index in [0.717, 1.165) is 9.48 Å². The van der Waals surface area contributed by atoms with E-state index in [-0.39, 0.29) is 0 Å². The first kappa shape index (κ1) is 11.7. The molecule has 0 aromatic heterocycles. The number of hydrogen-bond donors (Lipinski definition) is 2. The number of carbonyl (C=O) groups excluding carboxylic acids is 1. The molecule has 0 heterocycles. The molecule has 80 valence electrons. The lowest BCUT2D eigenvalue weighted by atomic mass is 10.3. The lowest BCUT2D eigenvalue weighted by Crippen LogP contribution is -2.38. The molecular formula is C9H9BrN2O3. The van der Waals surface area contributed by atoms with E-state index in [2.05, 4.69) is 15.9 Å². The lowest BCUT2D eigenvalue weighted by Gasteiger charge is -2.15. The van der Waals surface area contributed by atoms with Crippen LogP contribution in [0.1, 0.15) is 6.42 Å². The van der Waals surface area contributed by atoms with Crippen molar-refractivity contribution >= 4 is 33.5 Å². The Morgan fingerprint density at radius 2 is 1.87 bits per heavy atom. The number of rotatable bonds is 3. The van der Waals surface area contributed by atoms with E-state index in [9.17, 15) is 9.59 Å². The minimum Gasteiger partial charge on any atom is -0.481 e. The van der Waals surface area contributed by atoms with Crippen LogP contribution in [0, 0.1) is 0 Å². The highest BCUT2D eigenvalue weighted by atomic mass is 79.9. The Labute approximate surface area is 94.6 Å². The summed E-state index contributed by atoms with van der Waals surface area (Å²) < 4.78 is 0.852. The highest BCUT2D eigenvalue weighted by molar-refractivity contribution is 9.10. The maximum absolute atomic E-state index is 11.2. The molecule has 0 spiro atoms. The molecule has 0 aliphatic heterocycles. The molecule has 0 atom stereocenters. The molecule has 1 amide bonds. The third kappa shape index (κ3) is 3.34. The maximum Gasteiger partial charge on any atom is 0.312 e. The molecule has 3 N–H and O–H groups in total. The molecule has 0 fully saturated rings. The lowest BCUT2D eigenvalue weighted by molar-refractivity contribution is -0.140. The van der Waals surface area contributed by atoms with E-state index in [4.69, 9.17) is 10.9 Å². The van der Waals surface area contributed by atoms with E-state index in [1.165, 1.54) is 0 Å². The van der Waals surface area contributed by atoms with Gasteiger partial charge in [-0.25, -0.2) is 10.9 Å². The fourth-order valence-corrected chi connectivity index (χ4v) is 1.22. The van der Waals surface area contributed by atoms with Crippen LogP contribution in [0.25, 0.3) is 0 Å². The number of nitrogens with two attached hydrogens (primary N) is 1. The number of hydrazine groups is 1. The second kappa shape index (κ2) is 4.90. The van der Waals surface area contributed by atoms with Gasteiger partial charge in [0.1, 0.15) is 6.42 Å². The minimum atomic E-state index is -1.20. The molecule has 0 aliphatic carbocycles. The van der Waals surface area contributed by atoms with E-state index >= 15 is 0 Å². The standard InChI is InChI=1S/C9H9BrN2O3/c10-6-1-3-7(4-2-6)12(11)8(13)5-9(14)15/h1-4H,5,11H2,(H,14,15). The summed E-state index contributed by atoms with van der Waals surface area (Å²) in [6, 6.07) is 6.65. The van der Waals surface area contributed by atoms with Crippen LogP contribution >= 0.6 is 15.9 Å². The van der Waals surface area contributed by atoms with E-state index in [1.807, 2.05) is 0 Å². The molecular weight excluding hydrogens is 264 g/mol. The average molecular weight is 273 g/mol. The number of carboxylic acids is 1. The largest absolute Gasteiger partial charge is 0.481 e. The number of nitrogens with zero attached hydrogens (tertiary/aromatic N) is 1. The molecule has 15 heavy (non-hydrogen) atoms. The van der Waals surface area contributed by atoms with Crippen molar-refractivity contribution in [1.82, 2.24) is 0 Å². The summed E-state index contributed by atoms with van der Waals surface area (Å²) in [5.41, 5.74) is 0.449. The van der Waals surface area contributed by atoms with Crippen molar-refractivity contribution < 1.29 is 14.7 Å². The van der Waals surface area contributed by atoms with E-state index < -0.39 is 18.3 Å². The number of halogens is 1. The fourth-order valence-electron chi connectivity index (χ4n) is 0.960. The number of anilines is 1. The Kier molecular flexibility index (Phi) is 3.81. The van der Waals surface area contributed by atoms with Gasteiger partial charge in [0.2, 0.25) is 0 Å². The van der Waals surface area contributed by atoms with Crippen LogP contribution in [0.3, 0.4) is 0 Å². The second-order valence-corrected chi connectivity index (χ2v) is 3.73. The SMILES string of the molecule is NN(C(=O)CC(=O)O)c1ccc(Br)cc1. The normalized spacial score (nSPS) is 9.73. The Morgan fingerprint density at radius 1 is 1.33 bits per heavy atom. The van der Waals surface area contributed by atoms with E-state index in [1.54, 1.807) is 24.3 Å². The molecule has 0 unspecified atom stereocenters. The Balaban J connectivity index is 2.76. The van der Waals surface area contributed by atoms with Gasteiger partial charge < -0.3 is 5.11 Å². The van der Waals surface area contributed by atoms with Crippen LogP contribution < -0.4 is 10.9 Å². The molecule has 0 aliphatic rings. The first-order chi connectivity index (χ1) is 7.00. The predicted molar refractivity (Wildman–Crippen MR) is 58.1 cm³/mol. The van der Waals surface area contributed by atoms with Crippen LogP contribution in [-0.4, -0.2) is 17.0 Å². The first-order valence-corrected chi connectivity index (χ1v) is 4.85. The molecule has 0 saturated heterocycles. The smallest absolute Gasteiger partial charge is 0.312 e. The fraction of sp³-hybridized carbons (Fsp3) is 0.111. The van der Waals surface area contributed by atoms with Gasteiger partial charge in [-0.1, -0.05) is 15.9 Å². The number of carboxylic acid groups (broad SMARTS) is 1. The molecule has 5 nitrogen and oxygen atoms in total. The summed E-state index contributed by atoms with van der Waals surface area (Å²) in [6.45, 7) is 0. The van der Waals surface area contributed by atoms with Gasteiger partial charge in [0.25, 0.3) is 5.91 Å². The molecule has 1 aromatic carbocycles. The molecule has 0 radical (unpaired) electrons. The van der Waals surface area contributed by atoms with Crippen LogP contribution in [0.2, 0.25) is 0 Å². The molecule has 0 bridgehead atoms. The summed E-state index contributed by atoms with van der Waals surface area (Å²) in [5.74, 6) is 3.58. The van der Waals surface area contributed by atoms with Crippen LogP contribution in [0.5, 0.6) is 0 Å². The van der Waals surface area contributed by atoms with Crippen LogP contribution in [0.4, 0.5) is 5.69 Å². The molecule has 6 heteroatoms. The van der Waals surface area contributed by atoms with Crippen LogP contribution in [0.15, 0.2) is 28.7 Å². The summed E-state index contributed by atoms with van der Waals surface area (Å²) in [6.07, 6.45) is -0.618. The number of amides is 1. The number of hydrogen-bond acceptors (Lipinski definition) is 3. The first-order valence-electron chi connectivity index (χ1n) is 4.05. The Bertz CT molecular complexity index is 377. The quantitative estimate of drug-likeness (QED) is 0.374. The van der Waals surface area contributed by atoms with Gasteiger partial charge in [-0.05, 0) is 24.3 Å². The summed E-state index contributed by atoms with van der Waals surface area (Å²) in [7, 11) is 0. The predicted octanol–water partition coefficient (Wildman–Crippen LogP) is 1.13. The van der Waals surface area contributed by atoms with Gasteiger partial charge in [0.15, 0.2) is 0 Å². The monoisotopic (exact) mass is 272 g/mol. The summed E-state index contributed by atoms with van der Waals surface area (Å²) >= 11 is 3.23. The zero-order valence-electron chi connectivity index (χ0n) is 7.68. The van der Waals surface area contributed by atoms with Gasteiger partial charge in [0.05, 0.1) is 5.69 Å². The van der Waals surface area contributed by atoms with Crippen molar-refractivity contribution in [2.75, 3.05) is 5.01 Å². The van der Waals surface area contributed by atoms with Crippen molar-refractivity contribution in [2.45, 2.75) is 6.42 Å². The van der Waals surface area contributed by atoms with Gasteiger partial charge >= 0.3 is 5.97 Å². The van der Waals surface area contributed by atoms with Gasteiger partial charge in [-0.3, -0.25) is 9.59 Å². The Hall–Kier alpha value is -1.40. The van der Waals surface area contributed by atoms with Gasteiger partial charge in [0, 0.05) is 4.47 Å². The van der Waals surface area contributed by atoms with Crippen molar-refractivity contribution in [2.24, 2.45) is 5.84 Å². The summed E-state index contributed by atoms with van der Waals surface area (Å²) in [4.78, 5) is 21.5. The minimum absolute atomic E-state index is 0.449. The Morgan fingerprint density at radius 3 is 2.33 bits per heavy atom. The van der Waals surface area contributed by atoms with Gasteiger partial charge in [-0.2, -0.15) is 0 Å². The van der Waals surface area contributed by atoms with Crippen molar-refractivity contribution in [3.05, 3.63) is 28.7 Å². The van der Waals surface area contributed by atoms with Crippen LogP contribution in [-0.2, 0) is 9.59 Å². The molecule has 0 saturated carbocycles. The third-order valence-corrected chi connectivity index (χ3v) is 2.20. The zero-order chi connectivity index (χ0) is 11.4. The van der Waals surface area contributed by atoms with Crippen molar-refractivity contribution in [1.29, 1.82) is 0 Å². The van der Waals surface area contributed by atoms with Crippen molar-refractivity contribution in [3.63, 3.8) is 0 Å². The highest BCUT2D eigenvalue weighted by Crippen LogP contribution is 2.16. The van der Waals surface area contributed by atoms with Crippen molar-refractivity contribution in [3.8, 4) is 0 Å². The average Bonchev–Trinajstić information content (AvgIpc) is 2.17. The number of benzene rings is 1. The maximum atomic E-state index is 11.2. The highest BCUT2D eigenvalue weighted by Gasteiger charge is 2.14. The topological polar surface area (TPSA) is 83.6 Å². The van der Waals surface area contributed by atoms with E-state index in [0.29, 0.717) is 5.69 Å². The summed E-state index contributed by atoms with van der Waals surface area (Å²) in [5, 5.41) is 9.23. The van der Waals surface area contributed by atoms with Gasteiger partial charge in [-0.15, -0.1) is 0 Å².